The Labute approximate surface area is 163 Å². The van der Waals surface area contributed by atoms with Crippen LogP contribution >= 0.6 is 11.6 Å². The van der Waals surface area contributed by atoms with Gasteiger partial charge in [-0.2, -0.15) is 0 Å². The quantitative estimate of drug-likeness (QED) is 0.736. The van der Waals surface area contributed by atoms with Gasteiger partial charge in [0.1, 0.15) is 23.6 Å². The van der Waals surface area contributed by atoms with Gasteiger partial charge in [-0.15, -0.1) is 0 Å². The molecule has 0 saturated carbocycles. The van der Waals surface area contributed by atoms with Crippen molar-refractivity contribution in [2.75, 3.05) is 20.3 Å². The molecule has 27 heavy (non-hydrogen) atoms. The van der Waals surface area contributed by atoms with Crippen molar-refractivity contribution >= 4 is 23.5 Å². The van der Waals surface area contributed by atoms with E-state index >= 15 is 0 Å². The molecular weight excluding hydrogens is 368 g/mol. The average molecular weight is 389 g/mol. The minimum absolute atomic E-state index is 0.148. The molecule has 0 aromatic heterocycles. The van der Waals surface area contributed by atoms with Gasteiger partial charge in [-0.3, -0.25) is 9.69 Å². The van der Waals surface area contributed by atoms with E-state index in [2.05, 4.69) is 5.32 Å². The molecule has 1 N–H and O–H groups in total. The van der Waals surface area contributed by atoms with Crippen LogP contribution < -0.4 is 14.8 Å². The van der Waals surface area contributed by atoms with Crippen LogP contribution in [0.3, 0.4) is 0 Å². The molecule has 0 bridgehead atoms. The third-order valence-electron chi connectivity index (χ3n) is 4.67. The summed E-state index contributed by atoms with van der Waals surface area (Å²) in [6.45, 7) is 2.20. The highest BCUT2D eigenvalue weighted by Gasteiger charge is 2.51. The number of hydrogen-bond acceptors (Lipinski definition) is 4. The SMILES string of the molecule is CCC1(c2ccc(OC)cc2)NC(=O)N(CCOc2cccc(Cl)c2)C1=O. The summed E-state index contributed by atoms with van der Waals surface area (Å²) < 4.78 is 10.8. The molecule has 3 amide bonds. The number of rotatable bonds is 7. The number of carbonyl (C=O) groups is 2. The number of amides is 3. The first-order valence-electron chi connectivity index (χ1n) is 8.67. The highest BCUT2D eigenvalue weighted by Crippen LogP contribution is 2.33. The molecular formula is C20H21ClN2O4. The molecule has 2 aromatic carbocycles. The summed E-state index contributed by atoms with van der Waals surface area (Å²) in [5, 5.41) is 3.41. The molecule has 2 aromatic rings. The second kappa shape index (κ2) is 7.88. The van der Waals surface area contributed by atoms with E-state index in [9.17, 15) is 9.59 Å². The molecule has 1 heterocycles. The third kappa shape index (κ3) is 3.71. The molecule has 1 atom stereocenters. The Morgan fingerprint density at radius 3 is 2.48 bits per heavy atom. The van der Waals surface area contributed by atoms with Gasteiger partial charge in [-0.05, 0) is 42.3 Å². The average Bonchev–Trinajstić information content (AvgIpc) is 2.93. The second-order valence-corrected chi connectivity index (χ2v) is 6.62. The second-order valence-electron chi connectivity index (χ2n) is 6.18. The lowest BCUT2D eigenvalue weighted by Gasteiger charge is -2.26. The summed E-state index contributed by atoms with van der Waals surface area (Å²) in [5.74, 6) is 0.995. The van der Waals surface area contributed by atoms with E-state index < -0.39 is 11.6 Å². The van der Waals surface area contributed by atoms with Crippen LogP contribution in [-0.4, -0.2) is 37.1 Å². The topological polar surface area (TPSA) is 67.9 Å². The van der Waals surface area contributed by atoms with Crippen molar-refractivity contribution in [2.45, 2.75) is 18.9 Å². The predicted molar refractivity (Wildman–Crippen MR) is 102 cm³/mol. The van der Waals surface area contributed by atoms with Gasteiger partial charge in [0.25, 0.3) is 5.91 Å². The van der Waals surface area contributed by atoms with Crippen LogP contribution in [0.15, 0.2) is 48.5 Å². The zero-order valence-electron chi connectivity index (χ0n) is 15.2. The van der Waals surface area contributed by atoms with Crippen molar-refractivity contribution in [1.82, 2.24) is 10.2 Å². The number of halogens is 1. The zero-order valence-corrected chi connectivity index (χ0v) is 16.0. The van der Waals surface area contributed by atoms with Gasteiger partial charge < -0.3 is 14.8 Å². The van der Waals surface area contributed by atoms with Crippen molar-refractivity contribution < 1.29 is 19.1 Å². The number of imide groups is 1. The van der Waals surface area contributed by atoms with E-state index in [1.807, 2.05) is 6.92 Å². The molecule has 1 fully saturated rings. The maximum Gasteiger partial charge on any atom is 0.325 e. The Morgan fingerprint density at radius 1 is 1.11 bits per heavy atom. The van der Waals surface area contributed by atoms with Crippen molar-refractivity contribution in [1.29, 1.82) is 0 Å². The van der Waals surface area contributed by atoms with Gasteiger partial charge >= 0.3 is 6.03 Å². The standard InChI is InChI=1S/C20H21ClN2O4/c1-3-20(14-7-9-16(26-2)10-8-14)18(24)23(19(25)22-20)11-12-27-17-6-4-5-15(21)13-17/h4-10,13H,3,11-12H2,1-2H3,(H,22,25). The number of nitrogens with one attached hydrogen (secondary N) is 1. The molecule has 1 aliphatic heterocycles. The van der Waals surface area contributed by atoms with Gasteiger partial charge in [-0.1, -0.05) is 36.7 Å². The van der Waals surface area contributed by atoms with Crippen LogP contribution in [0, 0.1) is 0 Å². The summed E-state index contributed by atoms with van der Waals surface area (Å²) in [4.78, 5) is 26.7. The van der Waals surface area contributed by atoms with Gasteiger partial charge in [-0.25, -0.2) is 4.79 Å². The number of urea groups is 1. The van der Waals surface area contributed by atoms with Crippen molar-refractivity contribution in [3.63, 3.8) is 0 Å². The van der Waals surface area contributed by atoms with Crippen molar-refractivity contribution in [2.24, 2.45) is 0 Å². The highest BCUT2D eigenvalue weighted by atomic mass is 35.5. The monoisotopic (exact) mass is 388 g/mol. The maximum atomic E-state index is 13.1. The molecule has 1 unspecified atom stereocenters. The normalized spacial score (nSPS) is 19.1. The lowest BCUT2D eigenvalue weighted by atomic mass is 9.87. The molecule has 142 valence electrons. The number of ether oxygens (including phenoxy) is 2. The first-order chi connectivity index (χ1) is 13.0. The fourth-order valence-corrected chi connectivity index (χ4v) is 3.34. The molecule has 1 aliphatic rings. The Balaban J connectivity index is 1.72. The van der Waals surface area contributed by atoms with E-state index in [0.717, 1.165) is 5.56 Å². The Morgan fingerprint density at radius 2 is 1.85 bits per heavy atom. The van der Waals surface area contributed by atoms with Crippen LogP contribution in [0.2, 0.25) is 5.02 Å². The van der Waals surface area contributed by atoms with E-state index in [-0.39, 0.29) is 19.1 Å². The molecule has 1 saturated heterocycles. The van der Waals surface area contributed by atoms with Crippen molar-refractivity contribution in [3.8, 4) is 11.5 Å². The smallest absolute Gasteiger partial charge is 0.325 e. The molecule has 7 heteroatoms. The van der Waals surface area contributed by atoms with Crippen LogP contribution in [0.5, 0.6) is 11.5 Å². The number of methoxy groups -OCH3 is 1. The summed E-state index contributed by atoms with van der Waals surface area (Å²) >= 11 is 5.93. The lowest BCUT2D eigenvalue weighted by molar-refractivity contribution is -0.132. The molecule has 6 nitrogen and oxygen atoms in total. The molecule has 3 rings (SSSR count). The molecule has 0 radical (unpaired) electrons. The van der Waals surface area contributed by atoms with E-state index in [1.165, 1.54) is 4.90 Å². The van der Waals surface area contributed by atoms with Gasteiger partial charge in [0.15, 0.2) is 0 Å². The van der Waals surface area contributed by atoms with Gasteiger partial charge in [0.2, 0.25) is 0 Å². The number of nitrogens with zero attached hydrogens (tertiary/aromatic N) is 1. The molecule has 0 spiro atoms. The minimum atomic E-state index is -1.07. The van der Waals surface area contributed by atoms with Crippen molar-refractivity contribution in [3.05, 3.63) is 59.1 Å². The third-order valence-corrected chi connectivity index (χ3v) is 4.90. The van der Waals surface area contributed by atoms with E-state index in [1.54, 1.807) is 55.6 Å². The predicted octanol–water partition coefficient (Wildman–Crippen LogP) is 3.58. The maximum absolute atomic E-state index is 13.1. The van der Waals surface area contributed by atoms with E-state index in [4.69, 9.17) is 21.1 Å². The number of hydrogen-bond donors (Lipinski definition) is 1. The first-order valence-corrected chi connectivity index (χ1v) is 9.05. The summed E-state index contributed by atoms with van der Waals surface area (Å²) in [5.41, 5.74) is -0.346. The van der Waals surface area contributed by atoms with Crippen LogP contribution in [0.1, 0.15) is 18.9 Å². The fraction of sp³-hybridized carbons (Fsp3) is 0.300. The summed E-state index contributed by atoms with van der Waals surface area (Å²) in [7, 11) is 1.58. The Bertz CT molecular complexity index is 840. The van der Waals surface area contributed by atoms with Gasteiger partial charge in [0.05, 0.1) is 13.7 Å². The van der Waals surface area contributed by atoms with E-state index in [0.29, 0.717) is 22.9 Å². The van der Waals surface area contributed by atoms with Crippen LogP contribution in [0.25, 0.3) is 0 Å². The zero-order chi connectivity index (χ0) is 19.4. The minimum Gasteiger partial charge on any atom is -0.497 e. The van der Waals surface area contributed by atoms with Crippen LogP contribution in [0.4, 0.5) is 4.79 Å². The van der Waals surface area contributed by atoms with Crippen LogP contribution in [-0.2, 0) is 10.3 Å². The Hall–Kier alpha value is -2.73. The number of carbonyl (C=O) groups excluding carboxylic acids is 2. The largest absolute Gasteiger partial charge is 0.497 e. The first kappa shape index (κ1) is 19.0. The van der Waals surface area contributed by atoms with Gasteiger partial charge in [0, 0.05) is 5.02 Å². The lowest BCUT2D eigenvalue weighted by Crippen LogP contribution is -2.43. The fourth-order valence-electron chi connectivity index (χ4n) is 3.16. The highest BCUT2D eigenvalue weighted by molar-refractivity contribution is 6.30. The Kier molecular flexibility index (Phi) is 5.56. The number of benzene rings is 2. The summed E-state index contributed by atoms with van der Waals surface area (Å²) in [6, 6.07) is 13.7. The molecule has 0 aliphatic carbocycles. The summed E-state index contributed by atoms with van der Waals surface area (Å²) in [6.07, 6.45) is 0.440.